The van der Waals surface area contributed by atoms with Crippen LogP contribution in [0.25, 0.3) is 0 Å². The van der Waals surface area contributed by atoms with Crippen LogP contribution in [0.2, 0.25) is 0 Å². The zero-order chi connectivity index (χ0) is 10.7. The Balaban J connectivity index is 2.44. The molecule has 2 aromatic rings. The third kappa shape index (κ3) is 1.89. The molecule has 2 rings (SSSR count). The Morgan fingerprint density at radius 3 is 1.40 bits per heavy atom. The van der Waals surface area contributed by atoms with E-state index in [-0.39, 0.29) is 0 Å². The zero-order valence-corrected chi connectivity index (χ0v) is 8.21. The van der Waals surface area contributed by atoms with E-state index < -0.39 is 4.76 Å². The quantitative estimate of drug-likeness (QED) is 0.460. The van der Waals surface area contributed by atoms with Gasteiger partial charge in [0.2, 0.25) is 0 Å². The lowest BCUT2D eigenvalue weighted by atomic mass is 10.2. The Kier molecular flexibility index (Phi) is 2.51. The van der Waals surface area contributed by atoms with E-state index in [1.807, 2.05) is 12.1 Å². The third-order valence-corrected chi connectivity index (χ3v) is 2.28. The monoisotopic (exact) mass is 200 g/mol. The minimum Gasteiger partial charge on any atom is -0.601 e. The number of para-hydroxylation sites is 2. The smallest absolute Gasteiger partial charge is 0.157 e. The molecule has 0 aromatic heterocycles. The maximum absolute atomic E-state index is 12.2. The van der Waals surface area contributed by atoms with Gasteiger partial charge in [-0.15, -0.1) is 0 Å². The van der Waals surface area contributed by atoms with E-state index in [1.165, 1.54) is 0 Å². The largest absolute Gasteiger partial charge is 0.601 e. The Morgan fingerprint density at radius 1 is 0.733 bits per heavy atom. The average Bonchev–Trinajstić information content (AvgIpc) is 2.31. The fourth-order valence-electron chi connectivity index (χ4n) is 1.45. The molecule has 76 valence electrons. The van der Waals surface area contributed by atoms with Gasteiger partial charge in [-0.05, 0) is 0 Å². The Hall–Kier alpha value is -1.68. The van der Waals surface area contributed by atoms with Crippen molar-refractivity contribution < 1.29 is 0 Å². The van der Waals surface area contributed by atoms with Gasteiger partial charge in [0.05, 0.1) is 0 Å². The van der Waals surface area contributed by atoms with Gasteiger partial charge in [-0.3, -0.25) is 0 Å². The van der Waals surface area contributed by atoms with Gasteiger partial charge in [-0.1, -0.05) is 36.4 Å². The van der Waals surface area contributed by atoms with Crippen molar-refractivity contribution in [2.75, 3.05) is 0 Å². The number of hydrogen-bond donors (Lipinski definition) is 1. The molecule has 0 fully saturated rings. The highest BCUT2D eigenvalue weighted by Gasteiger charge is 2.17. The SMILES string of the molecule is N[N+]([O-])(c1ccccc1)c1ccccc1. The highest BCUT2D eigenvalue weighted by molar-refractivity contribution is 5.57. The van der Waals surface area contributed by atoms with Crippen LogP contribution in [0.5, 0.6) is 0 Å². The molecule has 0 aliphatic carbocycles. The van der Waals surface area contributed by atoms with Crippen molar-refractivity contribution in [3.63, 3.8) is 0 Å². The van der Waals surface area contributed by atoms with E-state index in [0.29, 0.717) is 11.4 Å². The van der Waals surface area contributed by atoms with E-state index in [4.69, 9.17) is 5.84 Å². The minimum atomic E-state index is -0.971. The van der Waals surface area contributed by atoms with Crippen LogP contribution in [0.1, 0.15) is 0 Å². The summed E-state index contributed by atoms with van der Waals surface area (Å²) in [5.41, 5.74) is 1.03. The molecule has 0 unspecified atom stereocenters. The second-order valence-corrected chi connectivity index (χ2v) is 3.33. The van der Waals surface area contributed by atoms with E-state index in [2.05, 4.69) is 0 Å². The highest BCUT2D eigenvalue weighted by Crippen LogP contribution is 2.28. The summed E-state index contributed by atoms with van der Waals surface area (Å²) in [5.74, 6) is 5.74. The first-order valence-corrected chi connectivity index (χ1v) is 4.71. The minimum absolute atomic E-state index is 0.517. The van der Waals surface area contributed by atoms with Crippen molar-refractivity contribution in [1.29, 1.82) is 0 Å². The molecule has 3 nitrogen and oxygen atoms in total. The van der Waals surface area contributed by atoms with Gasteiger partial charge in [0.15, 0.2) is 11.4 Å². The highest BCUT2D eigenvalue weighted by atomic mass is 16.6. The maximum atomic E-state index is 12.2. The molecule has 0 bridgehead atoms. The predicted molar refractivity (Wildman–Crippen MR) is 61.9 cm³/mol. The summed E-state index contributed by atoms with van der Waals surface area (Å²) in [5, 5.41) is 12.2. The van der Waals surface area contributed by atoms with Crippen LogP contribution >= 0.6 is 0 Å². The van der Waals surface area contributed by atoms with Crippen LogP contribution in [0.4, 0.5) is 11.4 Å². The Labute approximate surface area is 88.5 Å². The summed E-state index contributed by atoms with van der Waals surface area (Å²) in [6, 6.07) is 17.8. The Morgan fingerprint density at radius 2 is 1.07 bits per heavy atom. The van der Waals surface area contributed by atoms with Crippen molar-refractivity contribution in [3.05, 3.63) is 65.9 Å². The summed E-state index contributed by atoms with van der Waals surface area (Å²) in [6.07, 6.45) is 0. The third-order valence-electron chi connectivity index (χ3n) is 2.28. The lowest BCUT2D eigenvalue weighted by Gasteiger charge is -2.35. The maximum Gasteiger partial charge on any atom is 0.157 e. The summed E-state index contributed by atoms with van der Waals surface area (Å²) in [4.78, 5) is 0. The molecule has 0 aliphatic heterocycles. The first-order chi connectivity index (χ1) is 7.21. The lowest BCUT2D eigenvalue weighted by Crippen LogP contribution is -2.44. The molecule has 0 radical (unpaired) electrons. The van der Waals surface area contributed by atoms with Crippen LogP contribution in [-0.2, 0) is 0 Å². The molecule has 0 saturated carbocycles. The van der Waals surface area contributed by atoms with Gasteiger partial charge >= 0.3 is 0 Å². The molecular formula is C12H12N2O. The molecule has 0 amide bonds. The number of quaternary nitrogens is 1. The van der Waals surface area contributed by atoms with Crippen LogP contribution in [0.15, 0.2) is 60.7 Å². The van der Waals surface area contributed by atoms with Gasteiger partial charge in [0, 0.05) is 24.3 Å². The van der Waals surface area contributed by atoms with E-state index >= 15 is 0 Å². The normalized spacial score (nSPS) is 11.3. The summed E-state index contributed by atoms with van der Waals surface area (Å²) >= 11 is 0. The Bertz CT molecular complexity index is 384. The summed E-state index contributed by atoms with van der Waals surface area (Å²) in [7, 11) is 0. The molecule has 0 heterocycles. The van der Waals surface area contributed by atoms with E-state index in [0.717, 1.165) is 0 Å². The van der Waals surface area contributed by atoms with Crippen molar-refractivity contribution in [2.45, 2.75) is 0 Å². The molecule has 15 heavy (non-hydrogen) atoms. The van der Waals surface area contributed by atoms with Gasteiger partial charge in [-0.25, -0.2) is 4.76 Å². The van der Waals surface area contributed by atoms with Gasteiger partial charge in [-0.2, -0.15) is 5.84 Å². The van der Waals surface area contributed by atoms with Crippen LogP contribution in [-0.4, -0.2) is 0 Å². The van der Waals surface area contributed by atoms with E-state index in [1.54, 1.807) is 48.5 Å². The number of hydrogen-bond acceptors (Lipinski definition) is 2. The number of nitrogens with two attached hydrogens (primary N) is 1. The fourth-order valence-corrected chi connectivity index (χ4v) is 1.45. The topological polar surface area (TPSA) is 49.1 Å². The molecule has 2 aromatic carbocycles. The van der Waals surface area contributed by atoms with Crippen molar-refractivity contribution in [3.8, 4) is 0 Å². The lowest BCUT2D eigenvalue weighted by molar-refractivity contribution is 0.537. The molecule has 0 atom stereocenters. The van der Waals surface area contributed by atoms with Crippen LogP contribution in [0.3, 0.4) is 0 Å². The first kappa shape index (κ1) is 9.86. The molecule has 3 heteroatoms. The second-order valence-electron chi connectivity index (χ2n) is 3.33. The van der Waals surface area contributed by atoms with Gasteiger partial charge < -0.3 is 5.21 Å². The molecule has 2 N–H and O–H groups in total. The standard InChI is InChI=1S/C12H12N2O/c13-14(15,11-7-3-1-4-8-11)12-9-5-2-6-10-12/h1-10H,13H2. The molecule has 0 spiro atoms. The average molecular weight is 200 g/mol. The van der Waals surface area contributed by atoms with Crippen LogP contribution in [0, 0.1) is 5.21 Å². The predicted octanol–water partition coefficient (Wildman–Crippen LogP) is 2.70. The van der Waals surface area contributed by atoms with E-state index in [9.17, 15) is 5.21 Å². The summed E-state index contributed by atoms with van der Waals surface area (Å²) in [6.45, 7) is 0. The number of rotatable bonds is 2. The first-order valence-electron chi connectivity index (χ1n) is 4.71. The van der Waals surface area contributed by atoms with Crippen molar-refractivity contribution >= 4 is 11.4 Å². The summed E-state index contributed by atoms with van der Waals surface area (Å²) < 4.78 is -0.971. The second kappa shape index (κ2) is 3.82. The fraction of sp³-hybridized carbons (Fsp3) is 0. The van der Waals surface area contributed by atoms with Crippen molar-refractivity contribution in [2.24, 2.45) is 5.84 Å². The van der Waals surface area contributed by atoms with Crippen LogP contribution < -0.4 is 10.6 Å². The molecule has 0 aliphatic rings. The van der Waals surface area contributed by atoms with Gasteiger partial charge in [0.25, 0.3) is 0 Å². The number of benzene rings is 2. The zero-order valence-electron chi connectivity index (χ0n) is 8.21. The molecular weight excluding hydrogens is 188 g/mol. The number of nitrogens with zero attached hydrogens (tertiary/aromatic N) is 1. The van der Waals surface area contributed by atoms with Gasteiger partial charge in [0.1, 0.15) is 0 Å². The van der Waals surface area contributed by atoms with Crippen molar-refractivity contribution in [1.82, 2.24) is 4.76 Å². The molecule has 0 saturated heterocycles.